The Kier molecular flexibility index (Phi) is 9.09. The summed E-state index contributed by atoms with van der Waals surface area (Å²) in [7, 11) is 2.14. The van der Waals surface area contributed by atoms with Crippen LogP contribution < -0.4 is 9.64 Å². The van der Waals surface area contributed by atoms with E-state index in [9.17, 15) is 45.8 Å². The van der Waals surface area contributed by atoms with E-state index in [1.54, 1.807) is 0 Å². The second-order valence-electron chi connectivity index (χ2n) is 9.14. The zero-order chi connectivity index (χ0) is 29.9. The lowest BCUT2D eigenvalue weighted by Crippen LogP contribution is -2.45. The first-order chi connectivity index (χ1) is 18.5. The number of halogens is 7. The molecule has 40 heavy (non-hydrogen) atoms. The Labute approximate surface area is 223 Å². The van der Waals surface area contributed by atoms with Gasteiger partial charge in [0.05, 0.1) is 12.2 Å². The van der Waals surface area contributed by atoms with Gasteiger partial charge in [0, 0.05) is 25.4 Å². The van der Waals surface area contributed by atoms with Gasteiger partial charge < -0.3 is 19.8 Å². The Morgan fingerprint density at radius 3 is 2.35 bits per heavy atom. The molecule has 0 aliphatic carbocycles. The zero-order valence-corrected chi connectivity index (χ0v) is 21.2. The first kappa shape index (κ1) is 30.8. The lowest BCUT2D eigenvalue weighted by atomic mass is 9.97. The quantitative estimate of drug-likeness (QED) is 0.172. The largest absolute Gasteiger partial charge is 0.624 e. The maximum absolute atomic E-state index is 13.9. The molecule has 3 rings (SSSR count). The molecule has 2 aromatic carbocycles. The van der Waals surface area contributed by atoms with Crippen LogP contribution in [0.4, 0.5) is 46.9 Å². The van der Waals surface area contributed by atoms with Crippen LogP contribution >= 0.6 is 0 Å². The second-order valence-corrected chi connectivity index (χ2v) is 9.14. The van der Waals surface area contributed by atoms with Crippen molar-refractivity contribution in [1.82, 2.24) is 0 Å². The molecule has 0 spiro atoms. The Morgan fingerprint density at radius 1 is 1.15 bits per heavy atom. The number of nitrogens with zero attached hydrogens (tertiary/aromatic N) is 3. The van der Waals surface area contributed by atoms with Gasteiger partial charge in [0.2, 0.25) is 23.9 Å². The van der Waals surface area contributed by atoms with E-state index in [4.69, 9.17) is 9.47 Å². The molecule has 1 heterocycles. The van der Waals surface area contributed by atoms with Gasteiger partial charge in [0.25, 0.3) is 0 Å². The Balaban J connectivity index is 2.07. The first-order valence-corrected chi connectivity index (χ1v) is 11.7. The number of hydrogen-bond donors (Lipinski definition) is 1. The van der Waals surface area contributed by atoms with Gasteiger partial charge in [0.15, 0.2) is 6.54 Å². The van der Waals surface area contributed by atoms with Crippen molar-refractivity contribution in [3.8, 4) is 5.75 Å². The summed E-state index contributed by atoms with van der Waals surface area (Å²) in [4.78, 5) is 13.5. The predicted molar refractivity (Wildman–Crippen MR) is 129 cm³/mol. The molecule has 8 nitrogen and oxygen atoms in total. The van der Waals surface area contributed by atoms with Crippen LogP contribution in [0.5, 0.6) is 5.75 Å². The summed E-state index contributed by atoms with van der Waals surface area (Å²) in [6.07, 6.45) is -9.63. The summed E-state index contributed by atoms with van der Waals surface area (Å²) in [5, 5.41) is 22.8. The molecule has 1 fully saturated rings. The highest BCUT2D eigenvalue weighted by Gasteiger charge is 2.43. The molecule has 1 aliphatic heterocycles. The average Bonchev–Trinajstić information content (AvgIpc) is 2.86. The van der Waals surface area contributed by atoms with Crippen LogP contribution in [0.3, 0.4) is 0 Å². The monoisotopic (exact) mass is 580 g/mol. The minimum atomic E-state index is -5.39. The number of aliphatic hydroxyl groups is 1. The molecule has 2 aromatic rings. The van der Waals surface area contributed by atoms with Gasteiger partial charge in [-0.1, -0.05) is 0 Å². The van der Waals surface area contributed by atoms with E-state index in [0.717, 1.165) is 60.3 Å². The van der Waals surface area contributed by atoms with E-state index < -0.39 is 59.0 Å². The fraction of sp³-hybridized carbons (Fsp3) is 0.400. The molecule has 0 radical (unpaired) electrons. The summed E-state index contributed by atoms with van der Waals surface area (Å²) in [6.45, 7) is -0.202. The Morgan fingerprint density at radius 2 is 1.80 bits per heavy atom. The molecule has 0 saturated carbocycles. The van der Waals surface area contributed by atoms with Gasteiger partial charge in [-0.05, 0) is 43.2 Å². The van der Waals surface area contributed by atoms with Crippen LogP contribution in [0, 0.1) is 11.0 Å². The van der Waals surface area contributed by atoms with E-state index in [2.05, 4.69) is 0 Å². The molecule has 15 heteroatoms. The molecule has 1 aliphatic rings. The number of amides is 1. The fourth-order valence-electron chi connectivity index (χ4n) is 3.84. The maximum atomic E-state index is 13.9. The third-order valence-corrected chi connectivity index (χ3v) is 5.97. The lowest BCUT2D eigenvalue weighted by molar-refractivity contribution is -0.479. The summed E-state index contributed by atoms with van der Waals surface area (Å²) in [6, 6.07) is 4.37. The highest BCUT2D eigenvalue weighted by molar-refractivity contribution is 6.11. The first-order valence-electron chi connectivity index (χ1n) is 11.7. The maximum Gasteiger partial charge on any atom is 0.420 e. The van der Waals surface area contributed by atoms with Gasteiger partial charge in [-0.3, -0.25) is 4.90 Å². The van der Waals surface area contributed by atoms with E-state index in [0.29, 0.717) is 19.1 Å². The van der Waals surface area contributed by atoms with Gasteiger partial charge in [-0.15, -0.1) is 0 Å². The number of hydrogen-bond acceptors (Lipinski definition) is 5. The van der Waals surface area contributed by atoms with Crippen LogP contribution in [-0.4, -0.2) is 72.4 Å². The predicted octanol–water partition coefficient (Wildman–Crippen LogP) is 4.97. The molecular weight excluding hydrogens is 555 g/mol. The molecule has 1 atom stereocenters. The number of carbonyl (C=O) groups is 1. The smallest absolute Gasteiger partial charge is 0.420 e. The SMILES string of the molecule is CN(C(=O)Oc1c([N+](C)=C/C=[N+](\[O-])CC2(O)CCCOC2)cc(C(F)(F)F)cc1C(F)(F)F)c1ccc(F)cc1. The van der Waals surface area contributed by atoms with Crippen molar-refractivity contribution in [3.05, 3.63) is 58.5 Å². The average molecular weight is 580 g/mol. The van der Waals surface area contributed by atoms with Crippen molar-refractivity contribution >= 4 is 29.9 Å². The number of ether oxygens (including phenoxy) is 2. The standard InChI is InChI=1S/C25H25F7N3O5/c1-33(9-10-35(38)14-23(37)8-3-11-39-15-23)20-13-16(24(27,28)29)12-19(25(30,31)32)21(20)40-22(36)34(2)18-6-4-17(26)5-7-18/h4-7,9-10,12-13,37H,3,8,11,14-15H2,1-2H3/q+1/b33-9?,35-10-. The van der Waals surface area contributed by atoms with Gasteiger partial charge in [-0.2, -0.15) is 30.9 Å². The number of carbonyl (C=O) groups excluding carboxylic acids is 1. The Hall–Kier alpha value is -3.72. The number of anilines is 1. The molecule has 0 bridgehead atoms. The van der Waals surface area contributed by atoms with Gasteiger partial charge in [-0.25, -0.2) is 13.9 Å². The van der Waals surface area contributed by atoms with Crippen molar-refractivity contribution in [2.24, 2.45) is 0 Å². The molecule has 1 unspecified atom stereocenters. The molecule has 0 aromatic heterocycles. The fourth-order valence-corrected chi connectivity index (χ4v) is 3.84. The molecular formula is C25H25F7N3O5+. The summed E-state index contributed by atoms with van der Waals surface area (Å²) >= 11 is 0. The summed E-state index contributed by atoms with van der Waals surface area (Å²) in [5.41, 5.74) is -5.89. The third kappa shape index (κ3) is 7.69. The Bertz CT molecular complexity index is 1290. The summed E-state index contributed by atoms with van der Waals surface area (Å²) < 4.78 is 107. The van der Waals surface area contributed by atoms with Gasteiger partial charge >= 0.3 is 18.4 Å². The minimum absolute atomic E-state index is 0.0216. The van der Waals surface area contributed by atoms with E-state index in [1.807, 2.05) is 0 Å². The van der Waals surface area contributed by atoms with E-state index in [-0.39, 0.29) is 29.5 Å². The van der Waals surface area contributed by atoms with Gasteiger partial charge in [0.1, 0.15) is 24.0 Å². The van der Waals surface area contributed by atoms with Crippen molar-refractivity contribution in [2.75, 3.05) is 38.8 Å². The number of rotatable bonds is 6. The topological polar surface area (TPSA) is 88.1 Å². The van der Waals surface area contributed by atoms with Crippen LogP contribution in [0.25, 0.3) is 0 Å². The summed E-state index contributed by atoms with van der Waals surface area (Å²) in [5.74, 6) is -1.91. The molecule has 1 N–H and O–H groups in total. The highest BCUT2D eigenvalue weighted by atomic mass is 19.4. The minimum Gasteiger partial charge on any atom is -0.624 e. The van der Waals surface area contributed by atoms with Crippen molar-refractivity contribution in [2.45, 2.75) is 30.8 Å². The van der Waals surface area contributed by atoms with Crippen molar-refractivity contribution in [1.29, 1.82) is 0 Å². The molecule has 218 valence electrons. The lowest BCUT2D eigenvalue weighted by Gasteiger charge is -2.29. The molecule has 1 amide bonds. The second kappa shape index (κ2) is 11.8. The van der Waals surface area contributed by atoms with Crippen molar-refractivity contribution < 1.29 is 59.4 Å². The van der Waals surface area contributed by atoms with Crippen LogP contribution in [-0.2, 0) is 17.1 Å². The van der Waals surface area contributed by atoms with Crippen molar-refractivity contribution in [3.63, 3.8) is 0 Å². The third-order valence-electron chi connectivity index (χ3n) is 5.97. The zero-order valence-electron chi connectivity index (χ0n) is 21.2. The number of benzene rings is 2. The van der Waals surface area contributed by atoms with Crippen LogP contribution in [0.1, 0.15) is 24.0 Å². The highest BCUT2D eigenvalue weighted by Crippen LogP contribution is 2.45. The van der Waals surface area contributed by atoms with Crippen LogP contribution in [0.2, 0.25) is 0 Å². The number of alkyl halides is 6. The molecule has 1 saturated heterocycles. The normalized spacial score (nSPS) is 18.9. The van der Waals surface area contributed by atoms with E-state index >= 15 is 0 Å². The van der Waals surface area contributed by atoms with Crippen LogP contribution in [0.15, 0.2) is 36.4 Å². The number of hydroxylamine groups is 1. The van der Waals surface area contributed by atoms with E-state index in [1.165, 1.54) is 0 Å².